The van der Waals surface area contributed by atoms with Gasteiger partial charge >= 0.3 is 0 Å². The van der Waals surface area contributed by atoms with Crippen molar-refractivity contribution >= 4 is 0 Å². The van der Waals surface area contributed by atoms with Gasteiger partial charge < -0.3 is 9.84 Å². The Balaban J connectivity index is 1.99. The summed E-state index contributed by atoms with van der Waals surface area (Å²) in [4.78, 5) is 4.14. The van der Waals surface area contributed by atoms with Crippen molar-refractivity contribution in [2.75, 3.05) is 0 Å². The Bertz CT molecular complexity index is 482. The molecule has 0 unspecified atom stereocenters. The van der Waals surface area contributed by atoms with Crippen LogP contribution in [0.4, 0.5) is 0 Å². The molecule has 0 atom stereocenters. The summed E-state index contributed by atoms with van der Waals surface area (Å²) in [6.45, 7) is 3.27. The summed E-state index contributed by atoms with van der Waals surface area (Å²) in [6.07, 6.45) is 2.53. The minimum absolute atomic E-state index is 0.192. The number of phenols is 1. The first-order valence-electron chi connectivity index (χ1n) is 5.58. The van der Waals surface area contributed by atoms with Gasteiger partial charge in [-0.2, -0.15) is 5.10 Å². The smallest absolute Gasteiger partial charge is 0.164 e. The second kappa shape index (κ2) is 5.34. The monoisotopic (exact) mass is 233 g/mol. The number of hydrogen-bond acceptors (Lipinski definition) is 4. The van der Waals surface area contributed by atoms with Gasteiger partial charge in [-0.3, -0.25) is 0 Å². The van der Waals surface area contributed by atoms with E-state index in [1.54, 1.807) is 24.3 Å². The van der Waals surface area contributed by atoms with Crippen LogP contribution in [0.15, 0.2) is 30.6 Å². The van der Waals surface area contributed by atoms with Gasteiger partial charge in [-0.15, -0.1) is 0 Å². The molecule has 0 spiro atoms. The highest BCUT2D eigenvalue weighted by Gasteiger charge is 2.04. The highest BCUT2D eigenvalue weighted by molar-refractivity contribution is 5.31. The van der Waals surface area contributed by atoms with Gasteiger partial charge in [0, 0.05) is 12.6 Å². The molecule has 0 saturated carbocycles. The number of aryl methyl sites for hydroxylation is 1. The van der Waals surface area contributed by atoms with Gasteiger partial charge in [0.05, 0.1) is 0 Å². The van der Waals surface area contributed by atoms with Crippen LogP contribution in [0.25, 0.3) is 0 Å². The van der Waals surface area contributed by atoms with Crippen LogP contribution in [0, 0.1) is 0 Å². The van der Waals surface area contributed by atoms with Crippen molar-refractivity contribution in [3.8, 4) is 11.5 Å². The molecule has 90 valence electrons. The fourth-order valence-electron chi connectivity index (χ4n) is 1.52. The minimum atomic E-state index is 0.192. The first-order chi connectivity index (χ1) is 8.29. The maximum atomic E-state index is 9.30. The lowest BCUT2D eigenvalue weighted by Gasteiger charge is -2.07. The normalized spacial score (nSPS) is 10.4. The van der Waals surface area contributed by atoms with E-state index in [0.717, 1.165) is 18.8 Å². The lowest BCUT2D eigenvalue weighted by Crippen LogP contribution is -2.08. The quantitative estimate of drug-likeness (QED) is 0.857. The van der Waals surface area contributed by atoms with Crippen LogP contribution >= 0.6 is 0 Å². The van der Waals surface area contributed by atoms with Crippen molar-refractivity contribution in [1.82, 2.24) is 14.8 Å². The molecule has 1 aromatic heterocycles. The summed E-state index contributed by atoms with van der Waals surface area (Å²) in [7, 11) is 0. The van der Waals surface area contributed by atoms with Crippen molar-refractivity contribution in [2.24, 2.45) is 0 Å². The number of hydrogen-bond donors (Lipinski definition) is 1. The SMILES string of the molecule is CCCn1ncnc1COc1cccc(O)c1. The number of nitrogens with zero attached hydrogens (tertiary/aromatic N) is 3. The van der Waals surface area contributed by atoms with Crippen LogP contribution < -0.4 is 4.74 Å². The predicted octanol–water partition coefficient (Wildman–Crippen LogP) is 1.97. The fraction of sp³-hybridized carbons (Fsp3) is 0.333. The lowest BCUT2D eigenvalue weighted by atomic mass is 10.3. The van der Waals surface area contributed by atoms with Crippen LogP contribution in [0.3, 0.4) is 0 Å². The third-order valence-electron chi connectivity index (χ3n) is 2.32. The summed E-state index contributed by atoms with van der Waals surface area (Å²) in [6, 6.07) is 6.70. The molecule has 1 heterocycles. The van der Waals surface area contributed by atoms with E-state index < -0.39 is 0 Å². The van der Waals surface area contributed by atoms with Crippen LogP contribution in [0.5, 0.6) is 11.5 Å². The molecule has 17 heavy (non-hydrogen) atoms. The maximum Gasteiger partial charge on any atom is 0.164 e. The average Bonchev–Trinajstić information content (AvgIpc) is 2.75. The van der Waals surface area contributed by atoms with Gasteiger partial charge in [0.25, 0.3) is 0 Å². The molecule has 0 fully saturated rings. The first-order valence-corrected chi connectivity index (χ1v) is 5.58. The highest BCUT2D eigenvalue weighted by Crippen LogP contribution is 2.18. The topological polar surface area (TPSA) is 60.2 Å². The minimum Gasteiger partial charge on any atom is -0.508 e. The Morgan fingerprint density at radius 2 is 2.29 bits per heavy atom. The Kier molecular flexibility index (Phi) is 3.59. The fourth-order valence-corrected chi connectivity index (χ4v) is 1.52. The number of rotatable bonds is 5. The summed E-state index contributed by atoms with van der Waals surface area (Å²) in [5.41, 5.74) is 0. The summed E-state index contributed by atoms with van der Waals surface area (Å²) < 4.78 is 7.36. The van der Waals surface area contributed by atoms with Crippen LogP contribution in [-0.2, 0) is 13.2 Å². The molecule has 0 aliphatic rings. The Morgan fingerprint density at radius 1 is 1.41 bits per heavy atom. The first kappa shape index (κ1) is 11.4. The molecule has 0 radical (unpaired) electrons. The third kappa shape index (κ3) is 2.96. The maximum absolute atomic E-state index is 9.30. The van der Waals surface area contributed by atoms with E-state index in [2.05, 4.69) is 17.0 Å². The molecule has 1 aromatic carbocycles. The number of aromatic nitrogens is 3. The van der Waals surface area contributed by atoms with Crippen molar-refractivity contribution in [3.63, 3.8) is 0 Å². The average molecular weight is 233 g/mol. The van der Waals surface area contributed by atoms with Crippen molar-refractivity contribution < 1.29 is 9.84 Å². The number of aromatic hydroxyl groups is 1. The molecule has 0 aliphatic heterocycles. The van der Waals surface area contributed by atoms with E-state index in [1.807, 2.05) is 4.68 Å². The van der Waals surface area contributed by atoms with E-state index in [-0.39, 0.29) is 5.75 Å². The van der Waals surface area contributed by atoms with E-state index in [4.69, 9.17) is 4.74 Å². The number of phenolic OH excluding ortho intramolecular Hbond substituents is 1. The van der Waals surface area contributed by atoms with Gasteiger partial charge in [0.15, 0.2) is 5.82 Å². The molecule has 0 bridgehead atoms. The van der Waals surface area contributed by atoms with Crippen molar-refractivity contribution in [2.45, 2.75) is 26.5 Å². The standard InChI is InChI=1S/C12H15N3O2/c1-2-6-15-12(13-9-14-15)8-17-11-5-3-4-10(16)7-11/h3-5,7,9,16H,2,6,8H2,1H3. The van der Waals surface area contributed by atoms with Gasteiger partial charge in [-0.1, -0.05) is 13.0 Å². The predicted molar refractivity (Wildman–Crippen MR) is 62.8 cm³/mol. The molecule has 1 N–H and O–H groups in total. The molecular formula is C12H15N3O2. The highest BCUT2D eigenvalue weighted by atomic mass is 16.5. The summed E-state index contributed by atoms with van der Waals surface area (Å²) in [5, 5.41) is 13.4. The zero-order valence-corrected chi connectivity index (χ0v) is 9.71. The molecule has 0 aliphatic carbocycles. The lowest BCUT2D eigenvalue weighted by molar-refractivity contribution is 0.284. The van der Waals surface area contributed by atoms with Crippen molar-refractivity contribution in [3.05, 3.63) is 36.4 Å². The number of benzene rings is 1. The van der Waals surface area contributed by atoms with Gasteiger partial charge in [-0.05, 0) is 18.6 Å². The number of ether oxygens (including phenoxy) is 1. The second-order valence-corrected chi connectivity index (χ2v) is 3.69. The van der Waals surface area contributed by atoms with E-state index >= 15 is 0 Å². The zero-order chi connectivity index (χ0) is 12.1. The summed E-state index contributed by atoms with van der Waals surface area (Å²) in [5.74, 6) is 1.60. The zero-order valence-electron chi connectivity index (χ0n) is 9.71. The second-order valence-electron chi connectivity index (χ2n) is 3.69. The summed E-state index contributed by atoms with van der Waals surface area (Å²) >= 11 is 0. The van der Waals surface area contributed by atoms with Crippen LogP contribution in [-0.4, -0.2) is 19.9 Å². The van der Waals surface area contributed by atoms with Crippen molar-refractivity contribution in [1.29, 1.82) is 0 Å². The Hall–Kier alpha value is -2.04. The molecule has 0 saturated heterocycles. The molecular weight excluding hydrogens is 218 g/mol. The van der Waals surface area contributed by atoms with Gasteiger partial charge in [0.1, 0.15) is 24.4 Å². The molecule has 5 heteroatoms. The van der Waals surface area contributed by atoms with Gasteiger partial charge in [-0.25, -0.2) is 9.67 Å². The van der Waals surface area contributed by atoms with Gasteiger partial charge in [0.2, 0.25) is 0 Å². The Labute approximate surface area is 99.7 Å². The molecule has 5 nitrogen and oxygen atoms in total. The van der Waals surface area contributed by atoms with Crippen LogP contribution in [0.1, 0.15) is 19.2 Å². The molecule has 0 amide bonds. The van der Waals surface area contributed by atoms with E-state index in [0.29, 0.717) is 12.4 Å². The van der Waals surface area contributed by atoms with E-state index in [9.17, 15) is 5.11 Å². The van der Waals surface area contributed by atoms with Crippen LogP contribution in [0.2, 0.25) is 0 Å². The molecule has 2 rings (SSSR count). The molecule has 2 aromatic rings. The van der Waals surface area contributed by atoms with E-state index in [1.165, 1.54) is 6.33 Å². The third-order valence-corrected chi connectivity index (χ3v) is 2.32. The Morgan fingerprint density at radius 3 is 3.06 bits per heavy atom. The largest absolute Gasteiger partial charge is 0.508 e.